The fourth-order valence-corrected chi connectivity index (χ4v) is 4.50. The second-order valence-electron chi connectivity index (χ2n) is 7.39. The fourth-order valence-electron chi connectivity index (χ4n) is 3.29. The third-order valence-electron chi connectivity index (χ3n) is 4.85. The van der Waals surface area contributed by atoms with Gasteiger partial charge in [-0.15, -0.1) is 0 Å². The molecule has 0 aliphatic carbocycles. The predicted octanol–water partition coefficient (Wildman–Crippen LogP) is 3.25. The van der Waals surface area contributed by atoms with Gasteiger partial charge < -0.3 is 9.42 Å². The largest absolute Gasteiger partial charge is 0.337 e. The average Bonchev–Trinajstić information content (AvgIpc) is 3.20. The molecule has 0 saturated heterocycles. The first-order valence-corrected chi connectivity index (χ1v) is 11.7. The molecule has 3 aromatic rings. The van der Waals surface area contributed by atoms with Crippen molar-refractivity contribution in [3.8, 4) is 11.4 Å². The van der Waals surface area contributed by atoms with E-state index in [-0.39, 0.29) is 18.3 Å². The number of hydrogen-bond acceptors (Lipinski definition) is 6. The van der Waals surface area contributed by atoms with Gasteiger partial charge in [-0.2, -0.15) is 4.98 Å². The summed E-state index contributed by atoms with van der Waals surface area (Å²) < 4.78 is 31.6. The van der Waals surface area contributed by atoms with E-state index in [2.05, 4.69) is 10.1 Å². The van der Waals surface area contributed by atoms with E-state index in [9.17, 15) is 13.2 Å². The molecule has 164 valence electrons. The second-order valence-corrected chi connectivity index (χ2v) is 9.25. The van der Waals surface area contributed by atoms with E-state index in [1.807, 2.05) is 49.4 Å². The zero-order valence-corrected chi connectivity index (χ0v) is 18.8. The summed E-state index contributed by atoms with van der Waals surface area (Å²) in [5.41, 5.74) is 2.26. The first-order valence-electron chi connectivity index (χ1n) is 9.89. The molecular weight excluding hydrogens is 416 g/mol. The highest BCUT2D eigenvalue weighted by atomic mass is 32.2. The van der Waals surface area contributed by atoms with Crippen molar-refractivity contribution in [1.29, 1.82) is 0 Å². The maximum atomic E-state index is 13.2. The van der Waals surface area contributed by atoms with Crippen molar-refractivity contribution in [1.82, 2.24) is 15.0 Å². The van der Waals surface area contributed by atoms with Crippen LogP contribution < -0.4 is 4.31 Å². The molecule has 31 heavy (non-hydrogen) atoms. The van der Waals surface area contributed by atoms with E-state index >= 15 is 0 Å². The summed E-state index contributed by atoms with van der Waals surface area (Å²) in [7, 11) is -2.10. The van der Waals surface area contributed by atoms with Gasteiger partial charge >= 0.3 is 0 Å². The Hall–Kier alpha value is -3.20. The molecule has 0 unspecified atom stereocenters. The van der Waals surface area contributed by atoms with Crippen LogP contribution in [-0.2, 0) is 21.4 Å². The molecule has 8 nitrogen and oxygen atoms in total. The van der Waals surface area contributed by atoms with Gasteiger partial charge in [0.1, 0.15) is 6.04 Å². The standard InChI is InChI=1S/C22H26N4O4S/c1-5-19(26(31(4,28)29)18-13-11-16(2)12-14-18)22(27)25(3)15-20-23-21(24-30-20)17-9-7-6-8-10-17/h6-14,19H,5,15H2,1-4H3/t19-/m1/s1. The van der Waals surface area contributed by atoms with E-state index < -0.39 is 16.1 Å². The minimum Gasteiger partial charge on any atom is -0.337 e. The summed E-state index contributed by atoms with van der Waals surface area (Å²) >= 11 is 0. The molecule has 0 N–H and O–H groups in total. The number of likely N-dealkylation sites (N-methyl/N-ethyl adjacent to an activating group) is 1. The topological polar surface area (TPSA) is 96.6 Å². The van der Waals surface area contributed by atoms with E-state index in [1.54, 1.807) is 26.1 Å². The van der Waals surface area contributed by atoms with Gasteiger partial charge in [0, 0.05) is 12.6 Å². The Bertz CT molecular complexity index is 1130. The third-order valence-corrected chi connectivity index (χ3v) is 6.03. The highest BCUT2D eigenvalue weighted by molar-refractivity contribution is 7.92. The Balaban J connectivity index is 1.81. The van der Waals surface area contributed by atoms with Crippen LogP contribution in [0.2, 0.25) is 0 Å². The first-order chi connectivity index (χ1) is 14.7. The molecule has 1 atom stereocenters. The number of nitrogens with zero attached hydrogens (tertiary/aromatic N) is 4. The molecule has 1 heterocycles. The van der Waals surface area contributed by atoms with Gasteiger partial charge in [0.15, 0.2) is 0 Å². The van der Waals surface area contributed by atoms with Crippen LogP contribution in [0.3, 0.4) is 0 Å². The lowest BCUT2D eigenvalue weighted by Crippen LogP contribution is -2.49. The normalized spacial score (nSPS) is 12.4. The molecule has 1 aromatic heterocycles. The number of anilines is 1. The van der Waals surface area contributed by atoms with Crippen LogP contribution in [-0.4, -0.2) is 48.7 Å². The Labute approximate surface area is 182 Å². The molecule has 0 bridgehead atoms. The van der Waals surface area contributed by atoms with Crippen molar-refractivity contribution < 1.29 is 17.7 Å². The van der Waals surface area contributed by atoms with E-state index in [1.165, 1.54) is 9.21 Å². The van der Waals surface area contributed by atoms with Crippen molar-refractivity contribution in [2.24, 2.45) is 0 Å². The van der Waals surface area contributed by atoms with E-state index in [0.29, 0.717) is 17.9 Å². The molecule has 0 aliphatic heterocycles. The first kappa shape index (κ1) is 22.5. The summed E-state index contributed by atoms with van der Waals surface area (Å²) in [4.78, 5) is 19.0. The van der Waals surface area contributed by atoms with E-state index in [0.717, 1.165) is 17.4 Å². The summed E-state index contributed by atoms with van der Waals surface area (Å²) in [6.45, 7) is 3.77. The van der Waals surface area contributed by atoms with Crippen molar-refractivity contribution in [2.45, 2.75) is 32.9 Å². The molecule has 0 aliphatic rings. The number of aryl methyl sites for hydroxylation is 1. The van der Waals surface area contributed by atoms with Crippen molar-refractivity contribution in [2.75, 3.05) is 17.6 Å². The smallest absolute Gasteiger partial charge is 0.246 e. The molecule has 2 aromatic carbocycles. The van der Waals surface area contributed by atoms with Gasteiger partial charge in [0.05, 0.1) is 18.5 Å². The van der Waals surface area contributed by atoms with Crippen LogP contribution in [0.25, 0.3) is 11.4 Å². The van der Waals surface area contributed by atoms with Gasteiger partial charge in [0.2, 0.25) is 27.6 Å². The fraction of sp³-hybridized carbons (Fsp3) is 0.318. The second kappa shape index (κ2) is 9.30. The highest BCUT2D eigenvalue weighted by Crippen LogP contribution is 2.24. The number of aromatic nitrogens is 2. The van der Waals surface area contributed by atoms with Crippen LogP contribution >= 0.6 is 0 Å². The SMILES string of the molecule is CC[C@H](C(=O)N(C)Cc1nc(-c2ccccc2)no1)N(c1ccc(C)cc1)S(C)(=O)=O. The number of sulfonamides is 1. The van der Waals surface area contributed by atoms with Crippen LogP contribution in [0.4, 0.5) is 5.69 Å². The summed E-state index contributed by atoms with van der Waals surface area (Å²) in [5, 5.41) is 3.96. The summed E-state index contributed by atoms with van der Waals surface area (Å²) in [5.74, 6) is 0.347. The summed E-state index contributed by atoms with van der Waals surface area (Å²) in [6, 6.07) is 15.5. The Morgan fingerprint density at radius 2 is 1.74 bits per heavy atom. The minimum atomic E-state index is -3.69. The Morgan fingerprint density at radius 1 is 1.10 bits per heavy atom. The zero-order chi connectivity index (χ0) is 22.6. The molecule has 0 fully saturated rings. The lowest BCUT2D eigenvalue weighted by molar-refractivity contribution is -0.132. The number of amides is 1. The highest BCUT2D eigenvalue weighted by Gasteiger charge is 2.33. The van der Waals surface area contributed by atoms with Crippen molar-refractivity contribution in [3.63, 3.8) is 0 Å². The molecule has 0 saturated carbocycles. The van der Waals surface area contributed by atoms with Gasteiger partial charge in [0.25, 0.3) is 0 Å². The Kier molecular flexibility index (Phi) is 6.74. The van der Waals surface area contributed by atoms with Gasteiger partial charge in [-0.05, 0) is 25.5 Å². The van der Waals surface area contributed by atoms with Crippen molar-refractivity contribution >= 4 is 21.6 Å². The number of carbonyl (C=O) groups excluding carboxylic acids is 1. The predicted molar refractivity (Wildman–Crippen MR) is 119 cm³/mol. The van der Waals surface area contributed by atoms with Gasteiger partial charge in [-0.1, -0.05) is 60.1 Å². The molecule has 0 spiro atoms. The van der Waals surface area contributed by atoms with Crippen LogP contribution in [0.1, 0.15) is 24.8 Å². The quantitative estimate of drug-likeness (QED) is 0.531. The monoisotopic (exact) mass is 442 g/mol. The lowest BCUT2D eigenvalue weighted by atomic mass is 10.1. The minimum absolute atomic E-state index is 0.0701. The average molecular weight is 443 g/mol. The van der Waals surface area contributed by atoms with Gasteiger partial charge in [-0.3, -0.25) is 9.10 Å². The van der Waals surface area contributed by atoms with Crippen LogP contribution in [0.15, 0.2) is 59.1 Å². The third kappa shape index (κ3) is 5.29. The number of rotatable bonds is 8. The molecule has 3 rings (SSSR count). The molecule has 0 radical (unpaired) electrons. The van der Waals surface area contributed by atoms with Crippen LogP contribution in [0, 0.1) is 6.92 Å². The van der Waals surface area contributed by atoms with E-state index in [4.69, 9.17) is 4.52 Å². The number of hydrogen-bond donors (Lipinski definition) is 0. The lowest BCUT2D eigenvalue weighted by Gasteiger charge is -2.32. The molecular formula is C22H26N4O4S. The van der Waals surface area contributed by atoms with Crippen LogP contribution in [0.5, 0.6) is 0 Å². The molecule has 9 heteroatoms. The number of carbonyl (C=O) groups is 1. The molecule has 1 amide bonds. The maximum absolute atomic E-state index is 13.2. The van der Waals surface area contributed by atoms with Gasteiger partial charge in [-0.25, -0.2) is 8.42 Å². The maximum Gasteiger partial charge on any atom is 0.246 e. The summed E-state index contributed by atoms with van der Waals surface area (Å²) in [6.07, 6.45) is 1.41. The number of benzene rings is 2. The van der Waals surface area contributed by atoms with Crippen molar-refractivity contribution in [3.05, 3.63) is 66.1 Å². The Morgan fingerprint density at radius 3 is 2.32 bits per heavy atom. The zero-order valence-electron chi connectivity index (χ0n) is 18.0.